The first-order chi connectivity index (χ1) is 6.57. The van der Waals surface area contributed by atoms with Gasteiger partial charge in [0.25, 0.3) is 0 Å². The maximum absolute atomic E-state index is 11.1. The Bertz CT molecular complexity index is 393. The van der Waals surface area contributed by atoms with Gasteiger partial charge in [0, 0.05) is 0 Å². The normalized spacial score (nSPS) is 9.79. The number of primary amides is 2. The number of benzene rings is 1. The Morgan fingerprint density at radius 2 is 1.86 bits per heavy atom. The summed E-state index contributed by atoms with van der Waals surface area (Å²) >= 11 is 2.80. The zero-order chi connectivity index (χ0) is 10.7. The van der Waals surface area contributed by atoms with Gasteiger partial charge in [-0.1, -0.05) is 0 Å². The van der Waals surface area contributed by atoms with Gasteiger partial charge in [-0.25, -0.2) is 0 Å². The average Bonchev–Trinajstić information content (AvgIpc) is 2.16. The van der Waals surface area contributed by atoms with Crippen molar-refractivity contribution in [1.29, 1.82) is 0 Å². The van der Waals surface area contributed by atoms with Gasteiger partial charge in [-0.3, -0.25) is 0 Å². The topological polar surface area (TPSA) is 86.2 Å². The minimum atomic E-state index is -0.634. The minimum absolute atomic E-state index is 0.0180. The SMILES string of the molecule is NC(=O)c1cccc([Se][Se])c1C(N)=O. The Labute approximate surface area is 93.9 Å². The molecule has 0 saturated carbocycles. The third-order valence-electron chi connectivity index (χ3n) is 1.63. The van der Waals surface area contributed by atoms with Crippen LogP contribution in [0.1, 0.15) is 20.7 Å². The second kappa shape index (κ2) is 4.62. The summed E-state index contributed by atoms with van der Waals surface area (Å²) in [6, 6.07) is 4.93. The molecule has 1 aromatic rings. The molecule has 0 saturated heterocycles. The standard InChI is InChI=1S/C8H7N2O2Se2/c9-7(11)4-2-1-3-5(14-13)6(4)8(10)12/h1-3H,(H2,9,11)(H2,10,12). The van der Waals surface area contributed by atoms with Crippen LogP contribution < -0.4 is 15.9 Å². The van der Waals surface area contributed by atoms with E-state index in [0.29, 0.717) is 0 Å². The summed E-state index contributed by atoms with van der Waals surface area (Å²) in [5.41, 5.74) is 10.7. The Hall–Kier alpha value is -0.801. The van der Waals surface area contributed by atoms with E-state index in [1.807, 2.05) is 0 Å². The number of amides is 2. The van der Waals surface area contributed by atoms with Gasteiger partial charge >= 0.3 is 94.0 Å². The molecule has 14 heavy (non-hydrogen) atoms. The molecule has 0 heterocycles. The molecule has 4 nitrogen and oxygen atoms in total. The second-order valence-corrected chi connectivity index (χ2v) is 5.58. The van der Waals surface area contributed by atoms with Crippen molar-refractivity contribution in [2.45, 2.75) is 0 Å². The summed E-state index contributed by atoms with van der Waals surface area (Å²) in [5.74, 6) is -1.25. The van der Waals surface area contributed by atoms with Gasteiger partial charge in [0.2, 0.25) is 0 Å². The van der Waals surface area contributed by atoms with Crippen LogP contribution in [-0.2, 0) is 0 Å². The van der Waals surface area contributed by atoms with E-state index in [-0.39, 0.29) is 24.3 Å². The molecule has 0 aliphatic rings. The van der Waals surface area contributed by atoms with Crippen LogP contribution in [-0.4, -0.2) is 39.1 Å². The Morgan fingerprint density at radius 3 is 2.29 bits per heavy atom. The van der Waals surface area contributed by atoms with Crippen molar-refractivity contribution >= 4 is 43.6 Å². The fourth-order valence-electron chi connectivity index (χ4n) is 1.06. The van der Waals surface area contributed by atoms with Crippen molar-refractivity contribution < 1.29 is 9.59 Å². The molecule has 0 unspecified atom stereocenters. The summed E-state index contributed by atoms with van der Waals surface area (Å²) < 4.78 is 0.751. The van der Waals surface area contributed by atoms with Crippen LogP contribution in [0.15, 0.2) is 18.2 Å². The Morgan fingerprint density at radius 1 is 1.21 bits per heavy atom. The first-order valence-corrected chi connectivity index (χ1v) is 8.79. The third kappa shape index (κ3) is 2.16. The number of rotatable bonds is 3. The molecule has 1 aromatic carbocycles. The average molecular weight is 321 g/mol. The van der Waals surface area contributed by atoms with Crippen molar-refractivity contribution in [2.75, 3.05) is 0 Å². The molecule has 0 aromatic heterocycles. The maximum atomic E-state index is 11.1. The molecule has 2 amide bonds. The summed E-state index contributed by atoms with van der Waals surface area (Å²) in [7, 11) is 0. The van der Waals surface area contributed by atoms with Crippen LogP contribution >= 0.6 is 0 Å². The zero-order valence-corrected chi connectivity index (χ0v) is 10.4. The molecule has 0 bridgehead atoms. The van der Waals surface area contributed by atoms with Crippen LogP contribution in [0.25, 0.3) is 0 Å². The van der Waals surface area contributed by atoms with Crippen molar-refractivity contribution in [3.05, 3.63) is 29.3 Å². The van der Waals surface area contributed by atoms with Gasteiger partial charge < -0.3 is 0 Å². The van der Waals surface area contributed by atoms with E-state index in [9.17, 15) is 9.59 Å². The predicted octanol–water partition coefficient (Wildman–Crippen LogP) is -1.70. The summed E-state index contributed by atoms with van der Waals surface area (Å²) in [6.07, 6.45) is 0. The van der Waals surface area contributed by atoms with E-state index in [0.717, 1.165) is 4.46 Å². The van der Waals surface area contributed by atoms with Crippen LogP contribution in [0.5, 0.6) is 0 Å². The molecule has 1 radical (unpaired) electrons. The van der Waals surface area contributed by atoms with Crippen molar-refractivity contribution in [2.24, 2.45) is 11.5 Å². The first kappa shape index (κ1) is 11.3. The van der Waals surface area contributed by atoms with Crippen LogP contribution in [0, 0.1) is 0 Å². The van der Waals surface area contributed by atoms with Crippen molar-refractivity contribution in [1.82, 2.24) is 0 Å². The first-order valence-electron chi connectivity index (χ1n) is 3.60. The van der Waals surface area contributed by atoms with Crippen molar-refractivity contribution in [3.63, 3.8) is 0 Å². The van der Waals surface area contributed by atoms with E-state index in [1.165, 1.54) is 6.07 Å². The molecular formula is C8H7N2O2Se2. The molecule has 0 spiro atoms. The molecule has 0 aliphatic carbocycles. The zero-order valence-electron chi connectivity index (χ0n) is 7.02. The van der Waals surface area contributed by atoms with Gasteiger partial charge in [0.05, 0.1) is 0 Å². The number of nitrogens with two attached hydrogens (primary N) is 2. The summed E-state index contributed by atoms with van der Waals surface area (Å²) in [5, 5.41) is 0. The summed E-state index contributed by atoms with van der Waals surface area (Å²) in [6.45, 7) is 0. The van der Waals surface area contributed by atoms with Crippen molar-refractivity contribution in [3.8, 4) is 0 Å². The molecular weight excluding hydrogens is 314 g/mol. The monoisotopic (exact) mass is 323 g/mol. The van der Waals surface area contributed by atoms with E-state index in [4.69, 9.17) is 11.5 Å². The van der Waals surface area contributed by atoms with Crippen LogP contribution in [0.3, 0.4) is 0 Å². The van der Waals surface area contributed by atoms with E-state index >= 15 is 0 Å². The van der Waals surface area contributed by atoms with Gasteiger partial charge in [0.1, 0.15) is 0 Å². The molecule has 0 aliphatic heterocycles. The van der Waals surface area contributed by atoms with Crippen LogP contribution in [0.4, 0.5) is 0 Å². The molecule has 0 atom stereocenters. The van der Waals surface area contributed by atoms with E-state index in [2.05, 4.69) is 14.2 Å². The van der Waals surface area contributed by atoms with Gasteiger partial charge in [-0.05, 0) is 0 Å². The quantitative estimate of drug-likeness (QED) is 0.650. The molecule has 0 fully saturated rings. The fourth-order valence-corrected chi connectivity index (χ4v) is 3.47. The van der Waals surface area contributed by atoms with Gasteiger partial charge in [0.15, 0.2) is 0 Å². The number of carbonyl (C=O) groups excluding carboxylic acids is 2. The number of hydrogen-bond donors (Lipinski definition) is 2. The molecule has 1 rings (SSSR count). The number of carbonyl (C=O) groups is 2. The molecule has 73 valence electrons. The van der Waals surface area contributed by atoms with E-state index < -0.39 is 11.8 Å². The Balaban J connectivity index is 3.43. The second-order valence-electron chi connectivity index (χ2n) is 2.49. The summed E-state index contributed by atoms with van der Waals surface area (Å²) in [4.78, 5) is 22.1. The Kier molecular flexibility index (Phi) is 3.72. The third-order valence-corrected chi connectivity index (χ3v) is 4.68. The van der Waals surface area contributed by atoms with Gasteiger partial charge in [-0.15, -0.1) is 0 Å². The van der Waals surface area contributed by atoms with Gasteiger partial charge in [-0.2, -0.15) is 0 Å². The molecule has 4 N–H and O–H groups in total. The number of hydrogen-bond acceptors (Lipinski definition) is 2. The van der Waals surface area contributed by atoms with E-state index in [1.54, 1.807) is 12.1 Å². The van der Waals surface area contributed by atoms with Crippen LogP contribution in [0.2, 0.25) is 0 Å². The predicted molar refractivity (Wildman–Crippen MR) is 54.6 cm³/mol. The molecule has 6 heteroatoms. The fraction of sp³-hybridized carbons (Fsp3) is 0.